The maximum atomic E-state index is 11.4. The Hall–Kier alpha value is -1.63. The molecule has 1 aromatic rings. The molecular formula is C13H16N2O4S. The van der Waals surface area contributed by atoms with E-state index in [4.69, 9.17) is 0 Å². The van der Waals surface area contributed by atoms with E-state index in [1.807, 2.05) is 0 Å². The molecule has 0 amide bonds. The standard InChI is InChI=1S/C13H16N2O4S/c1-9-3-4-10(15(17)18)12(14-9)20-8-13(5-6-13)7-11(16)19-2/h3-4H,5-8H2,1-2H3. The number of pyridine rings is 1. The third-order valence-corrected chi connectivity index (χ3v) is 4.73. The summed E-state index contributed by atoms with van der Waals surface area (Å²) in [7, 11) is 1.37. The van der Waals surface area contributed by atoms with Crippen molar-refractivity contribution in [3.63, 3.8) is 0 Å². The molecule has 0 spiro atoms. The van der Waals surface area contributed by atoms with Crippen LogP contribution in [-0.4, -0.2) is 28.7 Å². The number of methoxy groups -OCH3 is 1. The summed E-state index contributed by atoms with van der Waals surface area (Å²) in [5.41, 5.74) is 0.697. The van der Waals surface area contributed by atoms with Gasteiger partial charge in [-0.2, -0.15) is 0 Å². The molecule has 1 saturated carbocycles. The van der Waals surface area contributed by atoms with Crippen molar-refractivity contribution in [2.24, 2.45) is 5.41 Å². The first kappa shape index (κ1) is 14.8. The molecule has 0 bridgehead atoms. The number of rotatable bonds is 6. The number of esters is 1. The highest BCUT2D eigenvalue weighted by Crippen LogP contribution is 2.52. The average Bonchev–Trinajstić information content (AvgIpc) is 3.16. The van der Waals surface area contributed by atoms with Gasteiger partial charge in [0.2, 0.25) is 0 Å². The zero-order valence-corrected chi connectivity index (χ0v) is 12.2. The van der Waals surface area contributed by atoms with Crippen LogP contribution in [0.4, 0.5) is 5.69 Å². The number of hydrogen-bond donors (Lipinski definition) is 0. The predicted molar refractivity (Wildman–Crippen MR) is 74.7 cm³/mol. The van der Waals surface area contributed by atoms with E-state index in [2.05, 4.69) is 9.72 Å². The third-order valence-electron chi connectivity index (χ3n) is 3.40. The Morgan fingerprint density at radius 2 is 2.25 bits per heavy atom. The summed E-state index contributed by atoms with van der Waals surface area (Å²) >= 11 is 1.35. The van der Waals surface area contributed by atoms with Crippen molar-refractivity contribution in [3.8, 4) is 0 Å². The molecule has 20 heavy (non-hydrogen) atoms. The topological polar surface area (TPSA) is 82.3 Å². The van der Waals surface area contributed by atoms with Crippen molar-refractivity contribution in [3.05, 3.63) is 27.9 Å². The fraction of sp³-hybridized carbons (Fsp3) is 0.538. The second kappa shape index (κ2) is 5.78. The maximum Gasteiger partial charge on any atom is 0.306 e. The van der Waals surface area contributed by atoms with Crippen molar-refractivity contribution >= 4 is 23.4 Å². The van der Waals surface area contributed by atoms with E-state index in [0.717, 1.165) is 18.5 Å². The lowest BCUT2D eigenvalue weighted by atomic mass is 10.1. The fourth-order valence-electron chi connectivity index (χ4n) is 1.92. The molecular weight excluding hydrogens is 280 g/mol. The summed E-state index contributed by atoms with van der Waals surface area (Å²) in [4.78, 5) is 26.1. The van der Waals surface area contributed by atoms with Gasteiger partial charge in [-0.15, -0.1) is 0 Å². The van der Waals surface area contributed by atoms with Crippen molar-refractivity contribution < 1.29 is 14.5 Å². The van der Waals surface area contributed by atoms with Crippen LogP contribution in [-0.2, 0) is 9.53 Å². The zero-order valence-electron chi connectivity index (χ0n) is 11.4. The summed E-state index contributed by atoms with van der Waals surface area (Å²) in [6, 6.07) is 3.11. The van der Waals surface area contributed by atoms with Crippen LogP contribution in [0.3, 0.4) is 0 Å². The van der Waals surface area contributed by atoms with Crippen molar-refractivity contribution in [2.75, 3.05) is 12.9 Å². The number of carbonyl (C=O) groups is 1. The van der Waals surface area contributed by atoms with E-state index in [9.17, 15) is 14.9 Å². The van der Waals surface area contributed by atoms with Gasteiger partial charge in [-0.3, -0.25) is 14.9 Å². The van der Waals surface area contributed by atoms with Gasteiger partial charge in [0.1, 0.15) is 0 Å². The van der Waals surface area contributed by atoms with E-state index in [1.54, 1.807) is 13.0 Å². The smallest absolute Gasteiger partial charge is 0.306 e. The van der Waals surface area contributed by atoms with Crippen LogP contribution in [0.1, 0.15) is 25.0 Å². The summed E-state index contributed by atoms with van der Waals surface area (Å²) in [6.45, 7) is 1.80. The molecule has 1 heterocycles. The number of carbonyl (C=O) groups excluding carboxylic acids is 1. The molecule has 0 radical (unpaired) electrons. The highest BCUT2D eigenvalue weighted by Gasteiger charge is 2.45. The molecule has 1 aliphatic rings. The van der Waals surface area contributed by atoms with Crippen LogP contribution in [0.15, 0.2) is 17.2 Å². The minimum atomic E-state index is -0.422. The Balaban J connectivity index is 2.06. The highest BCUT2D eigenvalue weighted by molar-refractivity contribution is 7.99. The molecule has 0 N–H and O–H groups in total. The van der Waals surface area contributed by atoms with Gasteiger partial charge >= 0.3 is 11.7 Å². The fourth-order valence-corrected chi connectivity index (χ4v) is 3.25. The average molecular weight is 296 g/mol. The molecule has 0 saturated heterocycles. The van der Waals surface area contributed by atoms with Crippen LogP contribution in [0.2, 0.25) is 0 Å². The number of ether oxygens (including phenoxy) is 1. The second-order valence-corrected chi connectivity index (χ2v) is 6.04. The van der Waals surface area contributed by atoms with Gasteiger partial charge in [-0.05, 0) is 31.2 Å². The highest BCUT2D eigenvalue weighted by atomic mass is 32.2. The molecule has 0 unspecified atom stereocenters. The molecule has 1 aromatic heterocycles. The number of nitro groups is 1. The van der Waals surface area contributed by atoms with E-state index in [-0.39, 0.29) is 17.1 Å². The molecule has 6 nitrogen and oxygen atoms in total. The van der Waals surface area contributed by atoms with Crippen LogP contribution in [0, 0.1) is 22.5 Å². The Labute approximate surface area is 121 Å². The molecule has 0 atom stereocenters. The third kappa shape index (κ3) is 3.47. The van der Waals surface area contributed by atoms with Crippen LogP contribution in [0.25, 0.3) is 0 Å². The van der Waals surface area contributed by atoms with Crippen LogP contribution >= 0.6 is 11.8 Å². The van der Waals surface area contributed by atoms with Crippen LogP contribution in [0.5, 0.6) is 0 Å². The lowest BCUT2D eigenvalue weighted by molar-refractivity contribution is -0.388. The van der Waals surface area contributed by atoms with Crippen molar-refractivity contribution in [2.45, 2.75) is 31.2 Å². The molecule has 1 fully saturated rings. The predicted octanol–water partition coefficient (Wildman–Crippen LogP) is 2.73. The SMILES string of the molecule is COC(=O)CC1(CSc2nc(C)ccc2[N+](=O)[O-])CC1. The number of hydrogen-bond acceptors (Lipinski definition) is 6. The first-order chi connectivity index (χ1) is 9.46. The van der Waals surface area contributed by atoms with Crippen molar-refractivity contribution in [1.82, 2.24) is 4.98 Å². The maximum absolute atomic E-state index is 11.4. The monoisotopic (exact) mass is 296 g/mol. The van der Waals surface area contributed by atoms with E-state index >= 15 is 0 Å². The number of thioether (sulfide) groups is 1. The first-order valence-corrected chi connectivity index (χ1v) is 7.26. The summed E-state index contributed by atoms with van der Waals surface area (Å²) < 4.78 is 4.69. The first-order valence-electron chi connectivity index (χ1n) is 6.27. The summed E-state index contributed by atoms with van der Waals surface area (Å²) in [6.07, 6.45) is 2.28. The van der Waals surface area contributed by atoms with Gasteiger partial charge < -0.3 is 4.74 Å². The minimum absolute atomic E-state index is 0.0227. The summed E-state index contributed by atoms with van der Waals surface area (Å²) in [5.74, 6) is 0.425. The Morgan fingerprint density at radius 1 is 1.55 bits per heavy atom. The van der Waals surface area contributed by atoms with E-state index < -0.39 is 4.92 Å². The second-order valence-electron chi connectivity index (χ2n) is 5.08. The zero-order chi connectivity index (χ0) is 14.8. The molecule has 108 valence electrons. The van der Waals surface area contributed by atoms with Gasteiger partial charge in [-0.25, -0.2) is 4.98 Å². The molecule has 0 aromatic carbocycles. The number of aryl methyl sites for hydroxylation is 1. The quantitative estimate of drug-likeness (QED) is 0.347. The van der Waals surface area contributed by atoms with Gasteiger partial charge in [-0.1, -0.05) is 11.8 Å². The Morgan fingerprint density at radius 3 is 2.80 bits per heavy atom. The Kier molecular flexibility index (Phi) is 4.27. The van der Waals surface area contributed by atoms with Gasteiger partial charge in [0.15, 0.2) is 5.03 Å². The number of aromatic nitrogens is 1. The van der Waals surface area contributed by atoms with Crippen molar-refractivity contribution in [1.29, 1.82) is 0 Å². The van der Waals surface area contributed by atoms with Gasteiger partial charge in [0, 0.05) is 17.5 Å². The number of nitrogens with zero attached hydrogens (tertiary/aromatic N) is 2. The van der Waals surface area contributed by atoms with Gasteiger partial charge in [0.05, 0.1) is 18.5 Å². The minimum Gasteiger partial charge on any atom is -0.469 e. The van der Waals surface area contributed by atoms with Crippen LogP contribution < -0.4 is 0 Å². The molecule has 1 aliphatic carbocycles. The van der Waals surface area contributed by atoms with E-state index in [1.165, 1.54) is 24.9 Å². The normalized spacial score (nSPS) is 15.7. The largest absolute Gasteiger partial charge is 0.469 e. The molecule has 2 rings (SSSR count). The molecule has 7 heteroatoms. The molecule has 0 aliphatic heterocycles. The summed E-state index contributed by atoms with van der Waals surface area (Å²) in [5, 5.41) is 11.4. The lowest BCUT2D eigenvalue weighted by Gasteiger charge is -2.12. The Bertz CT molecular complexity index is 543. The lowest BCUT2D eigenvalue weighted by Crippen LogP contribution is -2.13. The van der Waals surface area contributed by atoms with Gasteiger partial charge in [0.25, 0.3) is 0 Å². The van der Waals surface area contributed by atoms with E-state index in [0.29, 0.717) is 17.2 Å².